The van der Waals surface area contributed by atoms with Crippen LogP contribution in [0.2, 0.25) is 0 Å². The van der Waals surface area contributed by atoms with Crippen molar-refractivity contribution in [2.45, 2.75) is 66.3 Å². The van der Waals surface area contributed by atoms with Crippen molar-refractivity contribution in [1.29, 1.82) is 0 Å². The highest BCUT2D eigenvalue weighted by Crippen LogP contribution is 2.27. The first-order valence-corrected chi connectivity index (χ1v) is 11.6. The number of amides is 1. The van der Waals surface area contributed by atoms with E-state index in [2.05, 4.69) is 73.5 Å². The van der Waals surface area contributed by atoms with E-state index in [1.807, 2.05) is 13.8 Å². The molecular formula is C27H38N2O2. The van der Waals surface area contributed by atoms with E-state index >= 15 is 0 Å². The van der Waals surface area contributed by atoms with Crippen LogP contribution in [0.3, 0.4) is 0 Å². The Morgan fingerprint density at radius 1 is 1.06 bits per heavy atom. The molecule has 168 valence electrons. The van der Waals surface area contributed by atoms with Crippen molar-refractivity contribution in [3.63, 3.8) is 0 Å². The molecular weight excluding hydrogens is 384 g/mol. The SMILES string of the molecule is Cc1ccc(C)c(OCCCC(C)(C)C(=O)NC2CCN(c3ccccc3C)CC2)c1. The van der Waals surface area contributed by atoms with Crippen molar-refractivity contribution in [2.75, 3.05) is 24.6 Å². The summed E-state index contributed by atoms with van der Waals surface area (Å²) in [5.41, 5.74) is 4.59. The van der Waals surface area contributed by atoms with Crippen LogP contribution < -0.4 is 15.0 Å². The standard InChI is InChI=1S/C27H38N2O2/c1-20-11-12-22(3)25(19-20)31-18-8-15-27(4,5)26(30)28-23-13-16-29(17-14-23)24-10-7-6-9-21(24)2/h6-7,9-12,19,23H,8,13-18H2,1-5H3,(H,28,30). The van der Waals surface area contributed by atoms with Gasteiger partial charge in [0.15, 0.2) is 0 Å². The highest BCUT2D eigenvalue weighted by molar-refractivity contribution is 5.82. The van der Waals surface area contributed by atoms with Gasteiger partial charge in [-0.15, -0.1) is 0 Å². The molecule has 0 bridgehead atoms. The largest absolute Gasteiger partial charge is 0.493 e. The summed E-state index contributed by atoms with van der Waals surface area (Å²) in [6, 6.07) is 15.1. The zero-order valence-corrected chi connectivity index (χ0v) is 19.8. The lowest BCUT2D eigenvalue weighted by Gasteiger charge is -2.36. The molecule has 1 saturated heterocycles. The molecule has 1 N–H and O–H groups in total. The summed E-state index contributed by atoms with van der Waals surface area (Å²) in [5.74, 6) is 1.11. The fraction of sp³-hybridized carbons (Fsp3) is 0.519. The third kappa shape index (κ3) is 6.25. The van der Waals surface area contributed by atoms with Crippen molar-refractivity contribution in [2.24, 2.45) is 5.41 Å². The molecule has 1 heterocycles. The van der Waals surface area contributed by atoms with Crippen LogP contribution in [0.25, 0.3) is 0 Å². The molecule has 0 unspecified atom stereocenters. The number of carbonyl (C=O) groups is 1. The molecule has 1 aliphatic rings. The normalized spacial score (nSPS) is 15.1. The van der Waals surface area contributed by atoms with Gasteiger partial charge in [0.2, 0.25) is 5.91 Å². The van der Waals surface area contributed by atoms with E-state index in [0.717, 1.165) is 50.1 Å². The molecule has 3 rings (SSSR count). The number of ether oxygens (including phenoxy) is 1. The molecule has 1 aliphatic heterocycles. The number of anilines is 1. The summed E-state index contributed by atoms with van der Waals surface area (Å²) in [7, 11) is 0. The van der Waals surface area contributed by atoms with Gasteiger partial charge in [-0.1, -0.05) is 44.2 Å². The number of nitrogens with one attached hydrogen (secondary N) is 1. The van der Waals surface area contributed by atoms with Crippen LogP contribution >= 0.6 is 0 Å². The van der Waals surface area contributed by atoms with E-state index in [0.29, 0.717) is 6.61 Å². The van der Waals surface area contributed by atoms with Crippen LogP contribution in [0, 0.1) is 26.2 Å². The molecule has 31 heavy (non-hydrogen) atoms. The van der Waals surface area contributed by atoms with E-state index in [1.165, 1.54) is 16.8 Å². The maximum atomic E-state index is 12.9. The van der Waals surface area contributed by atoms with Gasteiger partial charge in [0, 0.05) is 30.2 Å². The van der Waals surface area contributed by atoms with Crippen LogP contribution in [0.4, 0.5) is 5.69 Å². The quantitative estimate of drug-likeness (QED) is 0.565. The minimum Gasteiger partial charge on any atom is -0.493 e. The fourth-order valence-electron chi connectivity index (χ4n) is 4.24. The molecule has 0 aliphatic carbocycles. The molecule has 2 aromatic rings. The maximum absolute atomic E-state index is 12.9. The van der Waals surface area contributed by atoms with Crippen LogP contribution in [0.1, 0.15) is 56.2 Å². The number of rotatable bonds is 8. The maximum Gasteiger partial charge on any atom is 0.225 e. The minimum absolute atomic E-state index is 0.161. The molecule has 0 spiro atoms. The van der Waals surface area contributed by atoms with Gasteiger partial charge in [-0.3, -0.25) is 4.79 Å². The van der Waals surface area contributed by atoms with E-state index in [-0.39, 0.29) is 11.9 Å². The van der Waals surface area contributed by atoms with Crippen molar-refractivity contribution >= 4 is 11.6 Å². The number of nitrogens with zero attached hydrogens (tertiary/aromatic N) is 1. The predicted octanol–water partition coefficient (Wildman–Crippen LogP) is 5.58. The Kier molecular flexibility index (Phi) is 7.64. The Labute approximate surface area is 188 Å². The first-order chi connectivity index (χ1) is 14.8. The van der Waals surface area contributed by atoms with Crippen molar-refractivity contribution in [1.82, 2.24) is 5.32 Å². The number of para-hydroxylation sites is 1. The van der Waals surface area contributed by atoms with Crippen LogP contribution in [0.15, 0.2) is 42.5 Å². The lowest BCUT2D eigenvalue weighted by Crippen LogP contribution is -2.48. The molecule has 4 nitrogen and oxygen atoms in total. The molecule has 0 radical (unpaired) electrons. The topological polar surface area (TPSA) is 41.6 Å². The predicted molar refractivity (Wildman–Crippen MR) is 129 cm³/mol. The summed E-state index contributed by atoms with van der Waals surface area (Å²) < 4.78 is 5.97. The summed E-state index contributed by atoms with van der Waals surface area (Å²) >= 11 is 0. The second kappa shape index (κ2) is 10.2. The monoisotopic (exact) mass is 422 g/mol. The number of aryl methyl sites for hydroxylation is 3. The smallest absolute Gasteiger partial charge is 0.225 e. The summed E-state index contributed by atoms with van der Waals surface area (Å²) in [4.78, 5) is 15.4. The molecule has 1 amide bonds. The third-order valence-corrected chi connectivity index (χ3v) is 6.45. The van der Waals surface area contributed by atoms with E-state index in [1.54, 1.807) is 0 Å². The third-order valence-electron chi connectivity index (χ3n) is 6.45. The molecule has 0 saturated carbocycles. The zero-order chi connectivity index (χ0) is 22.4. The van der Waals surface area contributed by atoms with Crippen molar-refractivity contribution in [3.8, 4) is 5.75 Å². The van der Waals surface area contributed by atoms with Gasteiger partial charge in [-0.2, -0.15) is 0 Å². The van der Waals surface area contributed by atoms with Gasteiger partial charge in [0.05, 0.1) is 6.61 Å². The van der Waals surface area contributed by atoms with Crippen LogP contribution in [-0.2, 0) is 4.79 Å². The average molecular weight is 423 g/mol. The van der Waals surface area contributed by atoms with Gasteiger partial charge in [-0.05, 0) is 75.3 Å². The molecule has 0 aromatic heterocycles. The summed E-state index contributed by atoms with van der Waals surface area (Å²) in [6.45, 7) is 13.0. The highest BCUT2D eigenvalue weighted by atomic mass is 16.5. The first kappa shape index (κ1) is 23.2. The summed E-state index contributed by atoms with van der Waals surface area (Å²) in [5, 5.41) is 3.31. The average Bonchev–Trinajstić information content (AvgIpc) is 2.74. The first-order valence-electron chi connectivity index (χ1n) is 11.6. The number of carbonyl (C=O) groups excluding carboxylic acids is 1. The van der Waals surface area contributed by atoms with Gasteiger partial charge in [-0.25, -0.2) is 0 Å². The Hall–Kier alpha value is -2.49. The highest BCUT2D eigenvalue weighted by Gasteiger charge is 2.30. The molecule has 2 aromatic carbocycles. The zero-order valence-electron chi connectivity index (χ0n) is 19.8. The molecule has 1 fully saturated rings. The Morgan fingerprint density at radius 3 is 2.48 bits per heavy atom. The molecule has 4 heteroatoms. The minimum atomic E-state index is -0.391. The number of benzene rings is 2. The number of piperidine rings is 1. The number of hydrogen-bond acceptors (Lipinski definition) is 3. The fourth-order valence-corrected chi connectivity index (χ4v) is 4.24. The van der Waals surface area contributed by atoms with Gasteiger partial charge in [0.25, 0.3) is 0 Å². The van der Waals surface area contributed by atoms with Gasteiger partial charge < -0.3 is 15.0 Å². The Bertz CT molecular complexity index is 883. The van der Waals surface area contributed by atoms with Crippen LogP contribution in [-0.4, -0.2) is 31.6 Å². The van der Waals surface area contributed by atoms with Crippen molar-refractivity contribution in [3.05, 3.63) is 59.2 Å². The van der Waals surface area contributed by atoms with Gasteiger partial charge >= 0.3 is 0 Å². The Morgan fingerprint density at radius 2 is 1.77 bits per heavy atom. The second-order valence-corrected chi connectivity index (χ2v) is 9.63. The number of hydrogen-bond donors (Lipinski definition) is 1. The lowest BCUT2D eigenvalue weighted by atomic mass is 9.86. The Balaban J connectivity index is 1.42. The lowest BCUT2D eigenvalue weighted by molar-refractivity contribution is -0.130. The van der Waals surface area contributed by atoms with Crippen LogP contribution in [0.5, 0.6) is 5.75 Å². The second-order valence-electron chi connectivity index (χ2n) is 9.63. The van der Waals surface area contributed by atoms with Crippen molar-refractivity contribution < 1.29 is 9.53 Å². The van der Waals surface area contributed by atoms with E-state index in [9.17, 15) is 4.79 Å². The summed E-state index contributed by atoms with van der Waals surface area (Å²) in [6.07, 6.45) is 3.66. The van der Waals surface area contributed by atoms with E-state index in [4.69, 9.17) is 4.74 Å². The van der Waals surface area contributed by atoms with E-state index < -0.39 is 5.41 Å². The molecule has 0 atom stereocenters. The van der Waals surface area contributed by atoms with Gasteiger partial charge in [0.1, 0.15) is 5.75 Å².